The molecule has 2 N–H and O–H groups in total. The summed E-state index contributed by atoms with van der Waals surface area (Å²) in [6, 6.07) is 1.71. The Hall–Kier alpha value is -0.850. The number of sulfonamides is 1. The van der Waals surface area contributed by atoms with Gasteiger partial charge in [0.1, 0.15) is 4.90 Å². The molecule has 1 aromatic heterocycles. The normalized spacial score (nSPS) is 18.4. The Labute approximate surface area is 115 Å². The first-order valence-corrected chi connectivity index (χ1v) is 8.43. The van der Waals surface area contributed by atoms with Gasteiger partial charge in [0.15, 0.2) is 0 Å². The van der Waals surface area contributed by atoms with Crippen molar-refractivity contribution in [3.05, 3.63) is 18.0 Å². The molecule has 5 nitrogen and oxygen atoms in total. The van der Waals surface area contributed by atoms with Gasteiger partial charge < -0.3 is 10.3 Å². The first-order chi connectivity index (χ1) is 9.09. The third-order valence-corrected chi connectivity index (χ3v) is 5.58. The van der Waals surface area contributed by atoms with E-state index in [1.165, 1.54) is 0 Å². The molecule has 1 aliphatic heterocycles. The quantitative estimate of drug-likeness (QED) is 0.912. The molecule has 0 aromatic carbocycles. The lowest BCUT2D eigenvalue weighted by atomic mass is 10.2. The Morgan fingerprint density at radius 2 is 1.84 bits per heavy atom. The monoisotopic (exact) mass is 285 g/mol. The topological polar surface area (TPSA) is 68.3 Å². The fourth-order valence-electron chi connectivity index (χ4n) is 2.56. The lowest BCUT2D eigenvalue weighted by Gasteiger charge is -2.18. The highest BCUT2D eigenvalue weighted by Crippen LogP contribution is 2.22. The molecular formula is C13H23N3O2S. The summed E-state index contributed by atoms with van der Waals surface area (Å²) in [5.41, 5.74) is 6.53. The molecule has 1 aromatic rings. The summed E-state index contributed by atoms with van der Waals surface area (Å²) >= 11 is 0. The van der Waals surface area contributed by atoms with Crippen molar-refractivity contribution >= 4 is 10.0 Å². The van der Waals surface area contributed by atoms with Crippen molar-refractivity contribution in [2.75, 3.05) is 13.1 Å². The zero-order valence-corrected chi connectivity index (χ0v) is 12.3. The van der Waals surface area contributed by atoms with Crippen LogP contribution in [0.25, 0.3) is 0 Å². The Kier molecular flexibility index (Phi) is 4.65. The number of aromatic nitrogens is 1. The largest absolute Gasteiger partial charge is 0.349 e. The Bertz CT molecular complexity index is 492. The van der Waals surface area contributed by atoms with E-state index in [9.17, 15) is 8.42 Å². The van der Waals surface area contributed by atoms with Crippen molar-refractivity contribution < 1.29 is 8.42 Å². The van der Waals surface area contributed by atoms with Crippen molar-refractivity contribution in [2.24, 2.45) is 5.73 Å². The second-order valence-electron chi connectivity index (χ2n) is 4.98. The van der Waals surface area contributed by atoms with Gasteiger partial charge in [0.05, 0.1) is 0 Å². The summed E-state index contributed by atoms with van der Waals surface area (Å²) in [4.78, 5) is 0.386. The second-order valence-corrected chi connectivity index (χ2v) is 6.91. The van der Waals surface area contributed by atoms with Gasteiger partial charge in [0.2, 0.25) is 10.0 Å². The molecule has 0 aliphatic carbocycles. The lowest BCUT2D eigenvalue weighted by Crippen LogP contribution is -2.31. The van der Waals surface area contributed by atoms with Crippen LogP contribution in [0.2, 0.25) is 0 Å². The summed E-state index contributed by atoms with van der Waals surface area (Å²) in [5, 5.41) is 0. The number of aryl methyl sites for hydroxylation is 1. The minimum absolute atomic E-state index is 0.364. The van der Waals surface area contributed by atoms with Gasteiger partial charge >= 0.3 is 0 Å². The first kappa shape index (κ1) is 14.6. The van der Waals surface area contributed by atoms with Crippen molar-refractivity contribution in [1.29, 1.82) is 0 Å². The number of hydrogen-bond donors (Lipinski definition) is 1. The third kappa shape index (κ3) is 3.01. The van der Waals surface area contributed by atoms with Crippen LogP contribution in [-0.4, -0.2) is 30.4 Å². The molecule has 1 fully saturated rings. The highest BCUT2D eigenvalue weighted by Gasteiger charge is 2.26. The van der Waals surface area contributed by atoms with Gasteiger partial charge in [-0.05, 0) is 25.8 Å². The van der Waals surface area contributed by atoms with Gasteiger partial charge in [-0.25, -0.2) is 8.42 Å². The van der Waals surface area contributed by atoms with Crippen LogP contribution >= 0.6 is 0 Å². The summed E-state index contributed by atoms with van der Waals surface area (Å²) < 4.78 is 28.7. The van der Waals surface area contributed by atoms with Crippen LogP contribution in [-0.2, 0) is 23.1 Å². The van der Waals surface area contributed by atoms with Gasteiger partial charge in [-0.3, -0.25) is 0 Å². The third-order valence-electron chi connectivity index (χ3n) is 3.71. The molecule has 108 valence electrons. The Balaban J connectivity index is 2.30. The zero-order valence-electron chi connectivity index (χ0n) is 11.5. The molecule has 1 saturated heterocycles. The Morgan fingerprint density at radius 1 is 1.21 bits per heavy atom. The van der Waals surface area contributed by atoms with E-state index in [0.29, 0.717) is 24.5 Å². The number of nitrogens with two attached hydrogens (primary N) is 1. The second kappa shape index (κ2) is 6.07. The summed E-state index contributed by atoms with van der Waals surface area (Å²) in [6.07, 6.45) is 5.86. The predicted octanol–water partition coefficient (Wildman–Crippen LogP) is 1.53. The van der Waals surface area contributed by atoms with E-state index in [-0.39, 0.29) is 0 Å². The Morgan fingerprint density at radius 3 is 2.32 bits per heavy atom. The van der Waals surface area contributed by atoms with Gasteiger partial charge in [-0.2, -0.15) is 4.31 Å². The molecule has 2 heterocycles. The maximum atomic E-state index is 12.6. The van der Waals surface area contributed by atoms with E-state index < -0.39 is 10.0 Å². The molecule has 2 rings (SSSR count). The van der Waals surface area contributed by atoms with Crippen LogP contribution in [0.3, 0.4) is 0 Å². The van der Waals surface area contributed by atoms with Gasteiger partial charge in [0.25, 0.3) is 0 Å². The first-order valence-electron chi connectivity index (χ1n) is 6.99. The van der Waals surface area contributed by atoms with Crippen LogP contribution in [0.5, 0.6) is 0 Å². The molecule has 0 unspecified atom stereocenters. The van der Waals surface area contributed by atoms with Crippen molar-refractivity contribution in [3.8, 4) is 0 Å². The van der Waals surface area contributed by atoms with E-state index in [1.54, 1.807) is 16.6 Å². The number of rotatable bonds is 4. The lowest BCUT2D eigenvalue weighted by molar-refractivity contribution is 0.423. The number of nitrogens with zero attached hydrogens (tertiary/aromatic N) is 2. The van der Waals surface area contributed by atoms with E-state index in [1.807, 2.05) is 11.5 Å². The highest BCUT2D eigenvalue weighted by molar-refractivity contribution is 7.89. The summed E-state index contributed by atoms with van der Waals surface area (Å²) in [6.45, 7) is 4.36. The molecule has 6 heteroatoms. The van der Waals surface area contributed by atoms with Crippen molar-refractivity contribution in [2.45, 2.75) is 50.6 Å². The zero-order chi connectivity index (χ0) is 13.9. The minimum Gasteiger partial charge on any atom is -0.349 e. The van der Waals surface area contributed by atoms with Gasteiger partial charge in [-0.15, -0.1) is 0 Å². The smallest absolute Gasteiger partial charge is 0.244 e. The molecule has 0 spiro atoms. The average Bonchev–Trinajstić information content (AvgIpc) is 2.63. The minimum atomic E-state index is -3.35. The summed E-state index contributed by atoms with van der Waals surface area (Å²) in [7, 11) is -3.35. The fourth-order valence-corrected chi connectivity index (χ4v) is 4.15. The van der Waals surface area contributed by atoms with Crippen LogP contribution < -0.4 is 5.73 Å². The molecular weight excluding hydrogens is 262 g/mol. The molecule has 0 radical (unpaired) electrons. The van der Waals surface area contributed by atoms with E-state index in [2.05, 4.69) is 0 Å². The predicted molar refractivity (Wildman–Crippen MR) is 75.2 cm³/mol. The molecule has 0 amide bonds. The van der Waals surface area contributed by atoms with Crippen LogP contribution in [0.4, 0.5) is 0 Å². The SMILES string of the molecule is CCn1cc(S(=O)(=O)N2CCCCCC2)cc1CN. The van der Waals surface area contributed by atoms with Crippen LogP contribution in [0, 0.1) is 0 Å². The van der Waals surface area contributed by atoms with Crippen molar-refractivity contribution in [3.63, 3.8) is 0 Å². The standard InChI is InChI=1S/C13H23N3O2S/c1-2-15-11-13(9-12(15)10-14)19(17,18)16-7-5-3-4-6-8-16/h9,11H,2-8,10,14H2,1H3. The van der Waals surface area contributed by atoms with Crippen LogP contribution in [0.15, 0.2) is 17.2 Å². The molecule has 1 aliphatic rings. The average molecular weight is 285 g/mol. The molecule has 0 bridgehead atoms. The molecule has 0 atom stereocenters. The number of hydrogen-bond acceptors (Lipinski definition) is 3. The summed E-state index contributed by atoms with van der Waals surface area (Å²) in [5.74, 6) is 0. The molecule has 0 saturated carbocycles. The van der Waals surface area contributed by atoms with E-state index in [0.717, 1.165) is 37.9 Å². The van der Waals surface area contributed by atoms with Crippen molar-refractivity contribution in [1.82, 2.24) is 8.87 Å². The fraction of sp³-hybridized carbons (Fsp3) is 0.692. The van der Waals surface area contributed by atoms with Gasteiger partial charge in [-0.1, -0.05) is 12.8 Å². The maximum absolute atomic E-state index is 12.6. The van der Waals surface area contributed by atoms with E-state index >= 15 is 0 Å². The maximum Gasteiger partial charge on any atom is 0.244 e. The highest BCUT2D eigenvalue weighted by atomic mass is 32.2. The van der Waals surface area contributed by atoms with E-state index in [4.69, 9.17) is 5.73 Å². The van der Waals surface area contributed by atoms with Crippen LogP contribution in [0.1, 0.15) is 38.3 Å². The molecule has 19 heavy (non-hydrogen) atoms. The van der Waals surface area contributed by atoms with Gasteiger partial charge in [0, 0.05) is 38.1 Å².